The molecule has 0 aromatic carbocycles. The van der Waals surface area contributed by atoms with Crippen molar-refractivity contribution in [2.75, 3.05) is 0 Å². The molecule has 0 spiro atoms. The van der Waals surface area contributed by atoms with Crippen LogP contribution in [0.25, 0.3) is 0 Å². The maximum Gasteiger partial charge on any atom is 0 e. The maximum absolute atomic E-state index is 3.72. The fraction of sp³-hybridized carbons (Fsp3) is 0.833. The molecule has 0 amide bonds. The first kappa shape index (κ1) is 16.0. The summed E-state index contributed by atoms with van der Waals surface area (Å²) >= 11 is 0. The minimum Gasteiger partial charge on any atom is -1.00 e. The number of halogens is 1. The molecule has 8 heavy (non-hydrogen) atoms. The summed E-state index contributed by atoms with van der Waals surface area (Å²) in [6, 6.07) is 0. The molecular formula is C6H13ClZn-. The second kappa shape index (κ2) is 15.7. The number of hydrogen-bond donors (Lipinski definition) is 0. The molecule has 0 N–H and O–H groups in total. The van der Waals surface area contributed by atoms with Crippen LogP contribution in [0.1, 0.15) is 32.6 Å². The molecule has 0 nitrogen and oxygen atoms in total. The van der Waals surface area contributed by atoms with E-state index in [9.17, 15) is 0 Å². The van der Waals surface area contributed by atoms with Gasteiger partial charge in [-0.25, -0.2) is 0 Å². The monoisotopic (exact) mass is 184 g/mol. The Labute approximate surface area is 71.6 Å². The number of rotatable bonds is 3. The first-order valence-electron chi connectivity index (χ1n) is 2.71. The second-order valence-corrected chi connectivity index (χ2v) is 1.56. The van der Waals surface area contributed by atoms with Gasteiger partial charge in [-0.1, -0.05) is 39.5 Å². The zero-order valence-electron chi connectivity index (χ0n) is 5.62. The van der Waals surface area contributed by atoms with Crippen LogP contribution < -0.4 is 12.4 Å². The number of unbranched alkanes of at least 4 members (excludes halogenated alkanes) is 3. The topological polar surface area (TPSA) is 0 Å². The van der Waals surface area contributed by atoms with E-state index in [1.165, 1.54) is 19.3 Å². The molecule has 0 atom stereocenters. The van der Waals surface area contributed by atoms with E-state index in [1.807, 2.05) is 0 Å². The summed E-state index contributed by atoms with van der Waals surface area (Å²) in [5.74, 6) is 0. The first-order valence-corrected chi connectivity index (χ1v) is 2.71. The molecular weight excluding hydrogens is 173 g/mol. The van der Waals surface area contributed by atoms with Gasteiger partial charge >= 0.3 is 0 Å². The zero-order chi connectivity index (χ0) is 4.83. The van der Waals surface area contributed by atoms with Gasteiger partial charge in [-0.2, -0.15) is 0 Å². The third-order valence-electron chi connectivity index (χ3n) is 0.854. The summed E-state index contributed by atoms with van der Waals surface area (Å²) in [5, 5.41) is 0. The Morgan fingerprint density at radius 2 is 1.75 bits per heavy atom. The largest absolute Gasteiger partial charge is 1.00 e. The third kappa shape index (κ3) is 15.8. The minimum atomic E-state index is 0. The molecule has 2 heteroatoms. The van der Waals surface area contributed by atoms with Gasteiger partial charge in [-0.05, 0) is 0 Å². The zero-order valence-corrected chi connectivity index (χ0v) is 9.34. The number of hydrogen-bond acceptors (Lipinski definition) is 0. The van der Waals surface area contributed by atoms with Crippen LogP contribution in [0.5, 0.6) is 0 Å². The first-order chi connectivity index (χ1) is 2.91. The summed E-state index contributed by atoms with van der Waals surface area (Å²) in [5.41, 5.74) is 0. The van der Waals surface area contributed by atoms with E-state index in [0.717, 1.165) is 6.42 Å². The van der Waals surface area contributed by atoms with Crippen molar-refractivity contribution in [2.24, 2.45) is 0 Å². The molecule has 0 aliphatic rings. The van der Waals surface area contributed by atoms with E-state index >= 15 is 0 Å². The summed E-state index contributed by atoms with van der Waals surface area (Å²) in [6.07, 6.45) is 5.07. The smallest absolute Gasteiger partial charge is 0 e. The average Bonchev–Trinajstić information content (AvgIpc) is 1.61. The van der Waals surface area contributed by atoms with Crippen molar-refractivity contribution in [2.45, 2.75) is 32.6 Å². The van der Waals surface area contributed by atoms with Gasteiger partial charge in [0.15, 0.2) is 0 Å². The quantitative estimate of drug-likeness (QED) is 0.408. The summed E-state index contributed by atoms with van der Waals surface area (Å²) < 4.78 is 0. The Hall–Kier alpha value is 0.913. The van der Waals surface area contributed by atoms with Crippen LogP contribution in [-0.2, 0) is 19.5 Å². The molecule has 0 bridgehead atoms. The van der Waals surface area contributed by atoms with Gasteiger partial charge in [0.1, 0.15) is 0 Å². The van der Waals surface area contributed by atoms with E-state index in [2.05, 4.69) is 13.8 Å². The van der Waals surface area contributed by atoms with Gasteiger partial charge in [0, 0.05) is 19.5 Å². The van der Waals surface area contributed by atoms with Crippen LogP contribution >= 0.6 is 0 Å². The maximum atomic E-state index is 3.72. The molecule has 0 unspecified atom stereocenters. The Morgan fingerprint density at radius 1 is 1.25 bits per heavy atom. The van der Waals surface area contributed by atoms with Crippen molar-refractivity contribution in [3.63, 3.8) is 0 Å². The molecule has 1 radical (unpaired) electrons. The van der Waals surface area contributed by atoms with Crippen LogP contribution in [0.2, 0.25) is 0 Å². The van der Waals surface area contributed by atoms with E-state index in [-0.39, 0.29) is 31.9 Å². The average molecular weight is 186 g/mol. The van der Waals surface area contributed by atoms with Crippen molar-refractivity contribution in [1.82, 2.24) is 0 Å². The molecule has 0 saturated carbocycles. The summed E-state index contributed by atoms with van der Waals surface area (Å²) in [4.78, 5) is 0. The standard InChI is InChI=1S/C6H13.ClH.Zn/c1-3-5-6-4-2;;/h1,3-6H2,2H3;1H;/p-1. The summed E-state index contributed by atoms with van der Waals surface area (Å²) in [7, 11) is 0. The normalized spacial score (nSPS) is 6.75. The fourth-order valence-electron chi connectivity index (χ4n) is 0.427. The third-order valence-corrected chi connectivity index (χ3v) is 0.854. The summed E-state index contributed by atoms with van der Waals surface area (Å²) in [6.45, 7) is 5.93. The van der Waals surface area contributed by atoms with Crippen LogP contribution in [0.3, 0.4) is 0 Å². The van der Waals surface area contributed by atoms with Crippen molar-refractivity contribution in [1.29, 1.82) is 0 Å². The molecule has 0 heterocycles. The van der Waals surface area contributed by atoms with Gasteiger partial charge in [-0.15, -0.1) is 0 Å². The predicted octanol–water partition coefficient (Wildman–Crippen LogP) is -0.598. The van der Waals surface area contributed by atoms with Crippen LogP contribution in [-0.4, -0.2) is 0 Å². The van der Waals surface area contributed by atoms with Gasteiger partial charge in [0.2, 0.25) is 0 Å². The van der Waals surface area contributed by atoms with E-state index < -0.39 is 0 Å². The Kier molecular flexibility index (Phi) is 31.3. The van der Waals surface area contributed by atoms with Crippen LogP contribution in [0.4, 0.5) is 0 Å². The molecule has 0 aromatic rings. The Bertz CT molecular complexity index is 20.5. The van der Waals surface area contributed by atoms with E-state index in [4.69, 9.17) is 0 Å². The molecule has 0 saturated heterocycles. The van der Waals surface area contributed by atoms with Crippen molar-refractivity contribution < 1.29 is 31.9 Å². The Balaban J connectivity index is -0.000000125. The molecule has 0 aliphatic carbocycles. The Morgan fingerprint density at radius 3 is 1.88 bits per heavy atom. The van der Waals surface area contributed by atoms with Crippen molar-refractivity contribution in [3.8, 4) is 0 Å². The fourth-order valence-corrected chi connectivity index (χ4v) is 0.427. The molecule has 0 rings (SSSR count). The van der Waals surface area contributed by atoms with Gasteiger partial charge in [0.05, 0.1) is 0 Å². The molecule has 0 aromatic heterocycles. The molecule has 0 aliphatic heterocycles. The van der Waals surface area contributed by atoms with Crippen molar-refractivity contribution in [3.05, 3.63) is 6.92 Å². The molecule has 0 fully saturated rings. The molecule has 47 valence electrons. The van der Waals surface area contributed by atoms with Crippen LogP contribution in [0, 0.1) is 6.92 Å². The van der Waals surface area contributed by atoms with Crippen molar-refractivity contribution >= 4 is 0 Å². The van der Waals surface area contributed by atoms with Crippen LogP contribution in [0.15, 0.2) is 0 Å². The SMILES string of the molecule is [CH2]CCCCC.[Cl-].[Zn]. The van der Waals surface area contributed by atoms with E-state index in [0.29, 0.717) is 0 Å². The van der Waals surface area contributed by atoms with Gasteiger partial charge in [0.25, 0.3) is 0 Å². The second-order valence-electron chi connectivity index (χ2n) is 1.56. The minimum absolute atomic E-state index is 0. The van der Waals surface area contributed by atoms with E-state index in [1.54, 1.807) is 0 Å². The van der Waals surface area contributed by atoms with Gasteiger partial charge in [-0.3, -0.25) is 0 Å². The van der Waals surface area contributed by atoms with Gasteiger partial charge < -0.3 is 12.4 Å². The predicted molar refractivity (Wildman–Crippen MR) is 29.5 cm³/mol.